The molecule has 1 aromatic heterocycles. The molecule has 3 heterocycles. The third kappa shape index (κ3) is 4.67. The second kappa shape index (κ2) is 10.4. The van der Waals surface area contributed by atoms with Crippen LogP contribution < -0.4 is 15.5 Å². The van der Waals surface area contributed by atoms with Crippen LogP contribution in [0.15, 0.2) is 65.4 Å². The normalized spacial score (nSPS) is 16.4. The molecule has 5 rings (SSSR count). The second-order valence-corrected chi connectivity index (χ2v) is 9.27. The van der Waals surface area contributed by atoms with Gasteiger partial charge in [-0.25, -0.2) is 13.2 Å². The van der Waals surface area contributed by atoms with Crippen LogP contribution in [0.2, 0.25) is 5.02 Å². The lowest BCUT2D eigenvalue weighted by molar-refractivity contribution is 0.0674. The van der Waals surface area contributed by atoms with Gasteiger partial charge < -0.3 is 19.5 Å². The molecule has 3 aromatic rings. The minimum Gasteiger partial charge on any atom is -0.483 e. The molecule has 38 heavy (non-hydrogen) atoms. The average Bonchev–Trinajstić information content (AvgIpc) is 3.09. The zero-order chi connectivity index (χ0) is 27.0. The lowest BCUT2D eigenvalue weighted by Gasteiger charge is -2.34. The monoisotopic (exact) mass is 543 g/mol. The van der Waals surface area contributed by atoms with Crippen molar-refractivity contribution in [3.63, 3.8) is 0 Å². The van der Waals surface area contributed by atoms with E-state index in [1.165, 1.54) is 15.5 Å². The van der Waals surface area contributed by atoms with Gasteiger partial charge in [-0.3, -0.25) is 14.4 Å². The molecule has 1 atom stereocenters. The number of rotatable bonds is 6. The maximum absolute atomic E-state index is 15.0. The molecule has 1 N–H and O–H groups in total. The number of pyridine rings is 1. The number of amides is 2. The Kier molecular flexibility index (Phi) is 6.98. The summed E-state index contributed by atoms with van der Waals surface area (Å²) < 4.78 is 49.9. The van der Waals surface area contributed by atoms with Crippen LogP contribution in [-0.2, 0) is 13.2 Å². The number of nitrogens with zero attached hydrogens (tertiary/aromatic N) is 2. The van der Waals surface area contributed by atoms with Crippen LogP contribution in [0.3, 0.4) is 0 Å². The van der Waals surface area contributed by atoms with Crippen LogP contribution in [0.25, 0.3) is 0 Å². The van der Waals surface area contributed by atoms with Gasteiger partial charge in [-0.05, 0) is 24.1 Å². The van der Waals surface area contributed by atoms with Gasteiger partial charge in [-0.2, -0.15) is 0 Å². The summed E-state index contributed by atoms with van der Waals surface area (Å²) in [7, 11) is 0. The van der Waals surface area contributed by atoms with Gasteiger partial charge in [0, 0.05) is 31.4 Å². The van der Waals surface area contributed by atoms with E-state index < -0.39 is 57.9 Å². The van der Waals surface area contributed by atoms with Crippen LogP contribution in [-0.4, -0.2) is 34.4 Å². The minimum absolute atomic E-state index is 0.0233. The first-order chi connectivity index (χ1) is 18.3. The molecule has 0 aliphatic carbocycles. The third-order valence-electron chi connectivity index (χ3n) is 6.49. The van der Waals surface area contributed by atoms with Gasteiger partial charge in [-0.15, -0.1) is 0 Å². The van der Waals surface area contributed by atoms with Crippen LogP contribution in [0.4, 0.5) is 13.2 Å². The molecule has 2 aliphatic heterocycles. The summed E-state index contributed by atoms with van der Waals surface area (Å²) in [4.78, 5) is 41.4. The number of fused-ring (bicyclic) bond motifs is 4. The first-order valence-corrected chi connectivity index (χ1v) is 12.1. The molecular weight excluding hydrogens is 523 g/mol. The van der Waals surface area contributed by atoms with E-state index in [-0.39, 0.29) is 36.7 Å². The number of benzene rings is 2. The van der Waals surface area contributed by atoms with Gasteiger partial charge in [0.15, 0.2) is 11.4 Å². The highest BCUT2D eigenvalue weighted by atomic mass is 35.5. The van der Waals surface area contributed by atoms with Crippen molar-refractivity contribution < 1.29 is 27.5 Å². The van der Waals surface area contributed by atoms with E-state index >= 15 is 4.39 Å². The lowest BCUT2D eigenvalue weighted by Crippen LogP contribution is -2.45. The number of carbonyl (C=O) groups is 2. The van der Waals surface area contributed by atoms with Gasteiger partial charge in [0.1, 0.15) is 40.7 Å². The summed E-state index contributed by atoms with van der Waals surface area (Å²) in [6.45, 7) is -0.196. The Bertz CT molecular complexity index is 1520. The summed E-state index contributed by atoms with van der Waals surface area (Å²) in [6, 6.07) is 9.99. The summed E-state index contributed by atoms with van der Waals surface area (Å²) in [5.41, 5.74) is -0.854. The van der Waals surface area contributed by atoms with Crippen molar-refractivity contribution in [2.75, 3.05) is 13.1 Å². The highest BCUT2D eigenvalue weighted by Gasteiger charge is 2.39. The molecule has 0 spiro atoms. The van der Waals surface area contributed by atoms with Crippen molar-refractivity contribution in [2.24, 2.45) is 0 Å². The first-order valence-electron chi connectivity index (χ1n) is 11.8. The molecule has 7 nitrogen and oxygen atoms in total. The fourth-order valence-corrected chi connectivity index (χ4v) is 4.68. The molecule has 11 heteroatoms. The summed E-state index contributed by atoms with van der Waals surface area (Å²) in [6.07, 6.45) is 2.79. The quantitative estimate of drug-likeness (QED) is 0.463. The Morgan fingerprint density at radius 3 is 2.63 bits per heavy atom. The van der Waals surface area contributed by atoms with E-state index in [0.29, 0.717) is 12.0 Å². The largest absolute Gasteiger partial charge is 0.483 e. The van der Waals surface area contributed by atoms with Crippen LogP contribution in [0, 0.1) is 11.6 Å². The lowest BCUT2D eigenvalue weighted by atomic mass is 10.1. The topological polar surface area (TPSA) is 80.6 Å². The number of hydrogen-bond acceptors (Lipinski definition) is 4. The van der Waals surface area contributed by atoms with E-state index in [1.807, 2.05) is 0 Å². The van der Waals surface area contributed by atoms with Crippen molar-refractivity contribution in [1.82, 2.24) is 14.8 Å². The van der Waals surface area contributed by atoms with Crippen molar-refractivity contribution in [3.05, 3.63) is 110 Å². The summed E-state index contributed by atoms with van der Waals surface area (Å²) >= 11 is 5.61. The fraction of sp³-hybridized carbons (Fsp3) is 0.222. The maximum atomic E-state index is 15.0. The van der Waals surface area contributed by atoms with Gasteiger partial charge in [0.2, 0.25) is 5.43 Å². The number of nitrogens with one attached hydrogen (secondary N) is 1. The van der Waals surface area contributed by atoms with E-state index in [9.17, 15) is 23.2 Å². The van der Waals surface area contributed by atoms with E-state index in [1.54, 1.807) is 30.3 Å². The van der Waals surface area contributed by atoms with E-state index in [4.69, 9.17) is 16.3 Å². The van der Waals surface area contributed by atoms with E-state index in [2.05, 4.69) is 5.32 Å². The number of aromatic nitrogens is 1. The maximum Gasteiger partial charge on any atom is 0.274 e. The van der Waals surface area contributed by atoms with Crippen LogP contribution in [0.5, 0.6) is 5.75 Å². The molecule has 0 saturated carbocycles. The number of hydrogen-bond donors (Lipinski definition) is 1. The average molecular weight is 544 g/mol. The molecule has 0 saturated heterocycles. The Hall–Kier alpha value is -4.05. The Morgan fingerprint density at radius 1 is 1.11 bits per heavy atom. The molecule has 196 valence electrons. The summed E-state index contributed by atoms with van der Waals surface area (Å²) in [5, 5.41) is 1.69. The number of carbonyl (C=O) groups excluding carboxylic acids is 2. The molecule has 0 radical (unpaired) electrons. The Balaban J connectivity index is 1.55. The van der Waals surface area contributed by atoms with Crippen molar-refractivity contribution in [2.45, 2.75) is 25.6 Å². The van der Waals surface area contributed by atoms with E-state index in [0.717, 1.165) is 18.3 Å². The standard InChI is InChI=1S/C27H21ClF3N3O4/c28-21-19(30)9-8-16(22(21)31)11-32-26(36)17-12-34-20-13-33(10-4-7-18(20)29)27(37)23(34)25(24(17)35)38-14-15-5-2-1-3-6-15/h1-3,5-9,12,20H,4,10-11,13-14H2,(H,32,36). The van der Waals surface area contributed by atoms with Crippen molar-refractivity contribution >= 4 is 23.4 Å². The van der Waals surface area contributed by atoms with Gasteiger partial charge in [0.25, 0.3) is 11.8 Å². The van der Waals surface area contributed by atoms with Crippen molar-refractivity contribution in [1.29, 1.82) is 0 Å². The van der Waals surface area contributed by atoms with Gasteiger partial charge >= 0.3 is 0 Å². The molecule has 2 aliphatic rings. The zero-order valence-corrected chi connectivity index (χ0v) is 20.6. The molecular formula is C27H21ClF3N3O4. The molecule has 2 aromatic carbocycles. The van der Waals surface area contributed by atoms with Gasteiger partial charge in [0.05, 0.1) is 0 Å². The number of halogens is 4. The molecule has 2 amide bonds. The zero-order valence-electron chi connectivity index (χ0n) is 19.8. The minimum atomic E-state index is -1.04. The predicted molar refractivity (Wildman–Crippen MR) is 133 cm³/mol. The Labute approximate surface area is 220 Å². The molecule has 0 fully saturated rings. The third-order valence-corrected chi connectivity index (χ3v) is 6.84. The van der Waals surface area contributed by atoms with Gasteiger partial charge in [-0.1, -0.05) is 48.0 Å². The SMILES string of the molecule is O=C(NCc1ccc(F)c(Cl)c1F)c1cn2c(c(OCc3ccccc3)c1=O)C(=O)N1CCC=C(F)C2C1. The van der Waals surface area contributed by atoms with Crippen LogP contribution in [0.1, 0.15) is 44.4 Å². The molecule has 1 unspecified atom stereocenters. The van der Waals surface area contributed by atoms with Crippen molar-refractivity contribution in [3.8, 4) is 5.75 Å². The highest BCUT2D eigenvalue weighted by molar-refractivity contribution is 6.30. The highest BCUT2D eigenvalue weighted by Crippen LogP contribution is 2.34. The molecule has 2 bridgehead atoms. The number of ether oxygens (including phenoxy) is 1. The predicted octanol–water partition coefficient (Wildman–Crippen LogP) is 4.54. The smallest absolute Gasteiger partial charge is 0.274 e. The fourth-order valence-electron chi connectivity index (χ4n) is 4.50. The second-order valence-electron chi connectivity index (χ2n) is 8.89. The Morgan fingerprint density at radius 2 is 1.87 bits per heavy atom. The summed E-state index contributed by atoms with van der Waals surface area (Å²) in [5.74, 6) is -4.32. The first kappa shape index (κ1) is 25.6. The van der Waals surface area contributed by atoms with Crippen LogP contribution >= 0.6 is 11.6 Å².